The minimum absolute atomic E-state index is 0.114. The van der Waals surface area contributed by atoms with E-state index < -0.39 is 10.0 Å². The van der Waals surface area contributed by atoms with E-state index in [2.05, 4.69) is 24.0 Å². The summed E-state index contributed by atoms with van der Waals surface area (Å²) in [6, 6.07) is 0. The van der Waals surface area contributed by atoms with Gasteiger partial charge in [0.15, 0.2) is 0 Å². The molecule has 1 aromatic heterocycles. The average molecular weight is 258 g/mol. The van der Waals surface area contributed by atoms with E-state index in [1.165, 1.54) is 0 Å². The van der Waals surface area contributed by atoms with Gasteiger partial charge in [0.05, 0.1) is 0 Å². The number of hydrogen-bond donors (Lipinski definition) is 1. The number of sulfonamides is 1. The van der Waals surface area contributed by atoms with E-state index in [-0.39, 0.29) is 16.5 Å². The lowest BCUT2D eigenvalue weighted by Gasteiger charge is -2.08. The molecule has 1 aliphatic carbocycles. The number of nitrogens with zero attached hydrogens (tertiary/aromatic N) is 3. The van der Waals surface area contributed by atoms with Crippen molar-refractivity contribution >= 4 is 10.0 Å². The highest BCUT2D eigenvalue weighted by molar-refractivity contribution is 7.89. The van der Waals surface area contributed by atoms with Crippen molar-refractivity contribution in [2.45, 2.75) is 51.2 Å². The molecular formula is C10H18N4O2S. The van der Waals surface area contributed by atoms with Crippen molar-refractivity contribution in [3.63, 3.8) is 0 Å². The first-order valence-electron chi connectivity index (χ1n) is 5.73. The van der Waals surface area contributed by atoms with Crippen LogP contribution in [0.5, 0.6) is 0 Å². The van der Waals surface area contributed by atoms with Gasteiger partial charge in [-0.3, -0.25) is 0 Å². The number of hydrogen-bond acceptors (Lipinski definition) is 4. The normalized spacial score (nSPS) is 22.7. The summed E-state index contributed by atoms with van der Waals surface area (Å²) in [7, 11) is -3.79. The minimum Gasteiger partial charge on any atom is -0.301 e. The number of rotatable bonds is 4. The highest BCUT2D eigenvalue weighted by Gasteiger charge is 2.50. The summed E-state index contributed by atoms with van der Waals surface area (Å²) in [6.45, 7) is 6.84. The van der Waals surface area contributed by atoms with E-state index in [1.54, 1.807) is 4.57 Å². The number of aromatic nitrogens is 3. The van der Waals surface area contributed by atoms with E-state index in [0.29, 0.717) is 6.54 Å². The molecule has 1 saturated carbocycles. The van der Waals surface area contributed by atoms with E-state index in [4.69, 9.17) is 5.14 Å². The molecule has 1 aromatic rings. The SMILES string of the molecule is CCCn1c(C2CC2(C)C)nnc1S(N)(=O)=O. The summed E-state index contributed by atoms with van der Waals surface area (Å²) >= 11 is 0. The van der Waals surface area contributed by atoms with E-state index in [1.807, 2.05) is 6.92 Å². The van der Waals surface area contributed by atoms with Gasteiger partial charge < -0.3 is 4.57 Å². The van der Waals surface area contributed by atoms with Crippen LogP contribution in [0.15, 0.2) is 5.16 Å². The van der Waals surface area contributed by atoms with Crippen LogP contribution in [-0.4, -0.2) is 23.2 Å². The van der Waals surface area contributed by atoms with Gasteiger partial charge >= 0.3 is 0 Å². The summed E-state index contributed by atoms with van der Waals surface area (Å²) in [4.78, 5) is 0. The molecule has 0 aliphatic heterocycles. The summed E-state index contributed by atoms with van der Waals surface area (Å²) in [5.74, 6) is 1.04. The Morgan fingerprint density at radius 2 is 2.06 bits per heavy atom. The zero-order chi connectivity index (χ0) is 12.8. The van der Waals surface area contributed by atoms with Gasteiger partial charge in [0, 0.05) is 12.5 Å². The molecule has 1 unspecified atom stereocenters. The van der Waals surface area contributed by atoms with Gasteiger partial charge in [0.2, 0.25) is 0 Å². The Morgan fingerprint density at radius 1 is 1.47 bits per heavy atom. The summed E-state index contributed by atoms with van der Waals surface area (Å²) in [5, 5.41) is 12.8. The average Bonchev–Trinajstić information content (AvgIpc) is 2.63. The molecule has 0 saturated heterocycles. The molecule has 0 bridgehead atoms. The molecule has 17 heavy (non-hydrogen) atoms. The van der Waals surface area contributed by atoms with Crippen LogP contribution >= 0.6 is 0 Å². The first-order valence-corrected chi connectivity index (χ1v) is 7.28. The van der Waals surface area contributed by atoms with E-state index in [0.717, 1.165) is 18.7 Å². The third-order valence-corrected chi connectivity index (χ3v) is 4.08. The molecule has 1 heterocycles. The fraction of sp³-hybridized carbons (Fsp3) is 0.800. The van der Waals surface area contributed by atoms with Gasteiger partial charge in [0.1, 0.15) is 5.82 Å². The monoisotopic (exact) mass is 258 g/mol. The highest BCUT2D eigenvalue weighted by Crippen LogP contribution is 2.58. The molecule has 0 amide bonds. The van der Waals surface area contributed by atoms with Gasteiger partial charge in [-0.15, -0.1) is 10.2 Å². The predicted octanol–water partition coefficient (Wildman–Crippen LogP) is 0.849. The van der Waals surface area contributed by atoms with E-state index in [9.17, 15) is 8.42 Å². The standard InChI is InChI=1S/C10H18N4O2S/c1-4-5-14-8(7-6-10(7,2)3)12-13-9(14)17(11,15)16/h7H,4-6H2,1-3H3,(H2,11,15,16). The van der Waals surface area contributed by atoms with Crippen LogP contribution in [0, 0.1) is 5.41 Å². The topological polar surface area (TPSA) is 90.9 Å². The van der Waals surface area contributed by atoms with Crippen LogP contribution in [-0.2, 0) is 16.6 Å². The molecule has 1 aliphatic rings. The second-order valence-electron chi connectivity index (χ2n) is 5.28. The second kappa shape index (κ2) is 3.78. The van der Waals surface area contributed by atoms with E-state index >= 15 is 0 Å². The molecule has 6 nitrogen and oxygen atoms in total. The lowest BCUT2D eigenvalue weighted by Crippen LogP contribution is -2.19. The summed E-state index contributed by atoms with van der Waals surface area (Å²) < 4.78 is 24.4. The van der Waals surface area contributed by atoms with Crippen LogP contribution < -0.4 is 5.14 Å². The molecule has 1 atom stereocenters. The van der Waals surface area contributed by atoms with Crippen molar-refractivity contribution in [3.8, 4) is 0 Å². The maximum Gasteiger partial charge on any atom is 0.273 e. The molecule has 7 heteroatoms. The zero-order valence-corrected chi connectivity index (χ0v) is 11.2. The summed E-state index contributed by atoms with van der Waals surface area (Å²) in [6.07, 6.45) is 1.83. The molecule has 1 fully saturated rings. The lowest BCUT2D eigenvalue weighted by molar-refractivity contribution is 0.532. The van der Waals surface area contributed by atoms with Crippen molar-refractivity contribution in [2.24, 2.45) is 10.6 Å². The van der Waals surface area contributed by atoms with Crippen molar-refractivity contribution in [2.75, 3.05) is 0 Å². The number of nitrogens with two attached hydrogens (primary N) is 1. The highest BCUT2D eigenvalue weighted by atomic mass is 32.2. The molecule has 0 aromatic carbocycles. The molecule has 2 N–H and O–H groups in total. The Kier molecular flexibility index (Phi) is 2.78. The van der Waals surface area contributed by atoms with Gasteiger partial charge in [-0.2, -0.15) is 0 Å². The Bertz CT molecular complexity index is 533. The minimum atomic E-state index is -3.79. The fourth-order valence-corrected chi connectivity index (χ4v) is 2.76. The van der Waals surface area contributed by atoms with Gasteiger partial charge in [-0.1, -0.05) is 20.8 Å². The lowest BCUT2D eigenvalue weighted by atomic mass is 10.1. The number of primary sulfonamides is 1. The maximum absolute atomic E-state index is 11.4. The first-order chi connectivity index (χ1) is 7.77. The van der Waals surface area contributed by atoms with Gasteiger partial charge in [0.25, 0.3) is 15.2 Å². The fourth-order valence-electron chi connectivity index (χ4n) is 2.11. The van der Waals surface area contributed by atoms with Crippen molar-refractivity contribution in [1.82, 2.24) is 14.8 Å². The quantitative estimate of drug-likeness (QED) is 0.866. The maximum atomic E-state index is 11.4. The third-order valence-electron chi connectivity index (χ3n) is 3.27. The van der Waals surface area contributed by atoms with Crippen molar-refractivity contribution in [1.29, 1.82) is 0 Å². The Hall–Kier alpha value is -0.950. The summed E-state index contributed by atoms with van der Waals surface area (Å²) in [5.41, 5.74) is 0.189. The van der Waals surface area contributed by atoms with Gasteiger partial charge in [-0.25, -0.2) is 13.6 Å². The molecular weight excluding hydrogens is 240 g/mol. The molecule has 2 rings (SSSR count). The van der Waals surface area contributed by atoms with Crippen LogP contribution in [0.2, 0.25) is 0 Å². The van der Waals surface area contributed by atoms with Crippen LogP contribution in [0.25, 0.3) is 0 Å². The second-order valence-corrected chi connectivity index (χ2v) is 6.74. The Morgan fingerprint density at radius 3 is 2.47 bits per heavy atom. The zero-order valence-electron chi connectivity index (χ0n) is 10.3. The Balaban J connectivity index is 2.45. The van der Waals surface area contributed by atoms with Crippen LogP contribution in [0.4, 0.5) is 0 Å². The smallest absolute Gasteiger partial charge is 0.273 e. The molecule has 96 valence electrons. The third kappa shape index (κ3) is 2.21. The largest absolute Gasteiger partial charge is 0.301 e. The predicted molar refractivity (Wildman–Crippen MR) is 62.8 cm³/mol. The van der Waals surface area contributed by atoms with Gasteiger partial charge in [-0.05, 0) is 18.3 Å². The molecule has 0 spiro atoms. The first kappa shape index (κ1) is 12.5. The molecule has 0 radical (unpaired) electrons. The van der Waals surface area contributed by atoms with Crippen molar-refractivity contribution in [3.05, 3.63) is 5.82 Å². The van der Waals surface area contributed by atoms with Crippen LogP contribution in [0.3, 0.4) is 0 Å². The van der Waals surface area contributed by atoms with Crippen molar-refractivity contribution < 1.29 is 8.42 Å². The Labute approximate surface area is 101 Å². The van der Waals surface area contributed by atoms with Crippen LogP contribution in [0.1, 0.15) is 45.4 Å².